The Morgan fingerprint density at radius 2 is 2.03 bits per heavy atom. The van der Waals surface area contributed by atoms with Crippen LogP contribution in [-0.2, 0) is 25.6 Å². The first-order chi connectivity index (χ1) is 13.7. The first-order valence-corrected chi connectivity index (χ1v) is 8.60. The molecule has 0 radical (unpaired) electrons. The van der Waals surface area contributed by atoms with Crippen molar-refractivity contribution in [3.63, 3.8) is 0 Å². The van der Waals surface area contributed by atoms with E-state index in [1.165, 1.54) is 13.0 Å². The van der Waals surface area contributed by atoms with Crippen LogP contribution in [-0.4, -0.2) is 34.3 Å². The summed E-state index contributed by atoms with van der Waals surface area (Å²) in [5.41, 5.74) is -1.97. The Morgan fingerprint density at radius 3 is 2.72 bits per heavy atom. The molecule has 29 heavy (non-hydrogen) atoms. The molecule has 1 aromatic heterocycles. The lowest BCUT2D eigenvalue weighted by Crippen LogP contribution is -2.34. The van der Waals surface area contributed by atoms with Crippen LogP contribution in [0.2, 0.25) is 0 Å². The van der Waals surface area contributed by atoms with Crippen molar-refractivity contribution in [1.29, 1.82) is 0 Å². The number of aromatic nitrogens is 2. The molecule has 2 aromatic rings. The van der Waals surface area contributed by atoms with Crippen molar-refractivity contribution in [2.75, 3.05) is 6.61 Å². The van der Waals surface area contributed by atoms with E-state index in [9.17, 15) is 27.6 Å². The Bertz CT molecular complexity index is 1020. The van der Waals surface area contributed by atoms with Gasteiger partial charge in [0, 0.05) is 25.0 Å². The molecule has 3 rings (SSSR count). The fourth-order valence-corrected chi connectivity index (χ4v) is 2.91. The summed E-state index contributed by atoms with van der Waals surface area (Å²) in [4.78, 5) is 36.1. The first kappa shape index (κ1) is 20.8. The van der Waals surface area contributed by atoms with Crippen molar-refractivity contribution >= 4 is 5.97 Å². The molecule has 1 aliphatic heterocycles. The summed E-state index contributed by atoms with van der Waals surface area (Å²) in [6.07, 6.45) is -1.88. The van der Waals surface area contributed by atoms with Gasteiger partial charge in [-0.3, -0.25) is 19.1 Å². The molecule has 0 amide bonds. The van der Waals surface area contributed by atoms with E-state index in [1.54, 1.807) is 0 Å². The van der Waals surface area contributed by atoms with Crippen molar-refractivity contribution in [1.82, 2.24) is 9.55 Å². The Morgan fingerprint density at radius 1 is 1.28 bits per heavy atom. The SMILES string of the molecule is CC(=O)OC[C@H]1O[C@@H](n2cc(F)c(=O)[nH]c2=O)C[C@@H]1OCc1ccc(F)cc1F. The number of hydrogen-bond acceptors (Lipinski definition) is 6. The maximum Gasteiger partial charge on any atom is 0.330 e. The molecule has 11 heteroatoms. The van der Waals surface area contributed by atoms with Gasteiger partial charge in [-0.05, 0) is 6.07 Å². The lowest BCUT2D eigenvalue weighted by molar-refractivity contribution is -0.148. The van der Waals surface area contributed by atoms with Crippen LogP contribution in [0.5, 0.6) is 0 Å². The summed E-state index contributed by atoms with van der Waals surface area (Å²) in [5.74, 6) is -3.28. The minimum absolute atomic E-state index is 0.0279. The maximum atomic E-state index is 13.8. The van der Waals surface area contributed by atoms with Crippen LogP contribution >= 0.6 is 0 Å². The zero-order chi connectivity index (χ0) is 21.1. The van der Waals surface area contributed by atoms with E-state index < -0.39 is 53.1 Å². The van der Waals surface area contributed by atoms with Crippen molar-refractivity contribution in [2.45, 2.75) is 38.4 Å². The van der Waals surface area contributed by atoms with Gasteiger partial charge in [0.15, 0.2) is 0 Å². The van der Waals surface area contributed by atoms with Crippen LogP contribution in [0.1, 0.15) is 25.1 Å². The summed E-state index contributed by atoms with van der Waals surface area (Å²) >= 11 is 0. The largest absolute Gasteiger partial charge is 0.463 e. The minimum atomic E-state index is -1.18. The van der Waals surface area contributed by atoms with Gasteiger partial charge in [-0.25, -0.2) is 13.6 Å². The standard InChI is InChI=1S/C18H17F3N2O6/c1-9(24)27-8-15-14(28-7-10-2-3-11(19)4-12(10)20)5-16(29-15)23-6-13(21)17(25)22-18(23)26/h2-4,6,14-16H,5,7-8H2,1H3,(H,22,25,26)/t14-,15+,16+/m0/s1. The van der Waals surface area contributed by atoms with Gasteiger partial charge in [-0.15, -0.1) is 0 Å². The predicted molar refractivity (Wildman–Crippen MR) is 91.4 cm³/mol. The summed E-state index contributed by atoms with van der Waals surface area (Å²) < 4.78 is 57.5. The van der Waals surface area contributed by atoms with Crippen LogP contribution in [0.25, 0.3) is 0 Å². The second-order valence-electron chi connectivity index (χ2n) is 6.40. The van der Waals surface area contributed by atoms with E-state index in [2.05, 4.69) is 0 Å². The van der Waals surface area contributed by atoms with Gasteiger partial charge < -0.3 is 14.2 Å². The van der Waals surface area contributed by atoms with Gasteiger partial charge in [-0.2, -0.15) is 4.39 Å². The van der Waals surface area contributed by atoms with Crippen LogP contribution < -0.4 is 11.2 Å². The number of nitrogens with zero attached hydrogens (tertiary/aromatic N) is 1. The summed E-state index contributed by atoms with van der Waals surface area (Å²) in [6.45, 7) is 0.735. The molecule has 1 aliphatic rings. The Hall–Kier alpha value is -2.92. The van der Waals surface area contributed by atoms with Crippen molar-refractivity contribution < 1.29 is 32.2 Å². The number of H-pyrrole nitrogens is 1. The fourth-order valence-electron chi connectivity index (χ4n) is 2.91. The molecular formula is C18H17F3N2O6. The molecule has 0 bridgehead atoms. The number of aromatic amines is 1. The molecular weight excluding hydrogens is 397 g/mol. The van der Waals surface area contributed by atoms with E-state index in [-0.39, 0.29) is 25.2 Å². The zero-order valence-electron chi connectivity index (χ0n) is 15.2. The number of rotatable bonds is 6. The Kier molecular flexibility index (Phi) is 6.18. The number of hydrogen-bond donors (Lipinski definition) is 1. The Balaban J connectivity index is 1.78. The molecule has 156 valence electrons. The van der Waals surface area contributed by atoms with Gasteiger partial charge in [0.1, 0.15) is 30.6 Å². The highest BCUT2D eigenvalue weighted by atomic mass is 19.1. The topological polar surface area (TPSA) is 99.6 Å². The molecule has 1 fully saturated rings. The third-order valence-electron chi connectivity index (χ3n) is 4.33. The van der Waals surface area contributed by atoms with Crippen LogP contribution in [0.3, 0.4) is 0 Å². The van der Waals surface area contributed by atoms with E-state index in [0.717, 1.165) is 10.6 Å². The van der Waals surface area contributed by atoms with Crippen LogP contribution in [0, 0.1) is 17.5 Å². The summed E-state index contributed by atoms with van der Waals surface area (Å²) in [7, 11) is 0. The van der Waals surface area contributed by atoms with Crippen LogP contribution in [0.4, 0.5) is 13.2 Å². The molecule has 0 aliphatic carbocycles. The second kappa shape index (κ2) is 8.62. The quantitative estimate of drug-likeness (QED) is 0.718. The third-order valence-corrected chi connectivity index (χ3v) is 4.33. The molecule has 2 heterocycles. The van der Waals surface area contributed by atoms with Gasteiger partial charge in [0.25, 0.3) is 5.56 Å². The molecule has 0 spiro atoms. The van der Waals surface area contributed by atoms with E-state index >= 15 is 0 Å². The number of esters is 1. The normalized spacial score (nSPS) is 21.3. The second-order valence-corrected chi connectivity index (χ2v) is 6.40. The van der Waals surface area contributed by atoms with Gasteiger partial charge in [0.05, 0.1) is 18.9 Å². The monoisotopic (exact) mass is 414 g/mol. The van der Waals surface area contributed by atoms with E-state index in [1.807, 2.05) is 4.98 Å². The molecule has 0 unspecified atom stereocenters. The highest BCUT2D eigenvalue weighted by molar-refractivity contribution is 5.65. The average molecular weight is 414 g/mol. The van der Waals surface area contributed by atoms with E-state index in [0.29, 0.717) is 12.3 Å². The highest BCUT2D eigenvalue weighted by Crippen LogP contribution is 2.31. The number of halogens is 3. The van der Waals surface area contributed by atoms with Crippen molar-refractivity contribution in [3.8, 4) is 0 Å². The summed E-state index contributed by atoms with van der Waals surface area (Å²) in [6, 6.07) is 3.02. The smallest absolute Gasteiger partial charge is 0.330 e. The maximum absolute atomic E-state index is 13.8. The van der Waals surface area contributed by atoms with Crippen molar-refractivity contribution in [2.24, 2.45) is 0 Å². The number of carbonyl (C=O) groups excluding carboxylic acids is 1. The highest BCUT2D eigenvalue weighted by Gasteiger charge is 2.38. The first-order valence-electron chi connectivity index (χ1n) is 8.60. The average Bonchev–Trinajstić information content (AvgIpc) is 3.05. The van der Waals surface area contributed by atoms with E-state index in [4.69, 9.17) is 14.2 Å². The lowest BCUT2D eigenvalue weighted by atomic mass is 10.1. The number of ether oxygens (including phenoxy) is 3. The minimum Gasteiger partial charge on any atom is -0.463 e. The fraction of sp³-hybridized carbons (Fsp3) is 0.389. The number of benzene rings is 1. The molecule has 8 nitrogen and oxygen atoms in total. The zero-order valence-corrected chi connectivity index (χ0v) is 15.2. The predicted octanol–water partition coefficient (Wildman–Crippen LogP) is 1.39. The van der Waals surface area contributed by atoms with Gasteiger partial charge in [0.2, 0.25) is 5.82 Å². The molecule has 1 saturated heterocycles. The third kappa shape index (κ3) is 4.93. The lowest BCUT2D eigenvalue weighted by Gasteiger charge is -2.18. The number of carbonyl (C=O) groups is 1. The van der Waals surface area contributed by atoms with Gasteiger partial charge in [-0.1, -0.05) is 6.07 Å². The molecule has 3 atom stereocenters. The molecule has 1 aromatic carbocycles. The molecule has 0 saturated carbocycles. The van der Waals surface area contributed by atoms with Gasteiger partial charge >= 0.3 is 11.7 Å². The molecule has 1 N–H and O–H groups in total. The summed E-state index contributed by atoms with van der Waals surface area (Å²) in [5, 5.41) is 0. The number of nitrogens with one attached hydrogen (secondary N) is 1. The van der Waals surface area contributed by atoms with Crippen molar-refractivity contribution in [3.05, 3.63) is 68.2 Å². The Labute approximate surface area is 161 Å². The van der Waals surface area contributed by atoms with Crippen LogP contribution in [0.15, 0.2) is 34.0 Å².